The number of carbonyl (C=O) groups excluding carboxylic acids is 2. The van der Waals surface area contributed by atoms with Crippen LogP contribution < -0.4 is 14.8 Å². The molecule has 172 valence electrons. The lowest BCUT2D eigenvalue weighted by Crippen LogP contribution is -2.43. The van der Waals surface area contributed by atoms with E-state index in [0.29, 0.717) is 31.0 Å². The van der Waals surface area contributed by atoms with Gasteiger partial charge in [0.25, 0.3) is 0 Å². The third-order valence-corrected chi connectivity index (χ3v) is 5.44. The minimum absolute atomic E-state index is 0.164. The number of hydrogen-bond acceptors (Lipinski definition) is 4. The van der Waals surface area contributed by atoms with E-state index in [-0.39, 0.29) is 11.8 Å². The highest BCUT2D eigenvalue weighted by Gasteiger charge is 2.29. The van der Waals surface area contributed by atoms with Crippen molar-refractivity contribution in [1.29, 1.82) is 0 Å². The van der Waals surface area contributed by atoms with E-state index < -0.39 is 6.04 Å². The molecule has 0 fully saturated rings. The van der Waals surface area contributed by atoms with E-state index in [2.05, 4.69) is 5.32 Å². The Kier molecular flexibility index (Phi) is 8.47. The monoisotopic (exact) mass is 446 g/mol. The second-order valence-electron chi connectivity index (χ2n) is 7.68. The number of nitrogens with zero attached hydrogens (tertiary/aromatic N) is 1. The van der Waals surface area contributed by atoms with Gasteiger partial charge in [-0.25, -0.2) is 0 Å². The van der Waals surface area contributed by atoms with Crippen LogP contribution in [0.3, 0.4) is 0 Å². The van der Waals surface area contributed by atoms with Gasteiger partial charge in [-0.3, -0.25) is 9.59 Å². The summed E-state index contributed by atoms with van der Waals surface area (Å²) < 4.78 is 10.6. The number of hydrogen-bond donors (Lipinski definition) is 1. The molecule has 0 aliphatic heterocycles. The summed E-state index contributed by atoms with van der Waals surface area (Å²) in [5.74, 6) is 0.928. The van der Waals surface area contributed by atoms with Crippen LogP contribution in [0.15, 0.2) is 78.9 Å². The van der Waals surface area contributed by atoms with Crippen LogP contribution in [0.5, 0.6) is 11.5 Å². The van der Waals surface area contributed by atoms with Gasteiger partial charge < -0.3 is 19.7 Å². The van der Waals surface area contributed by atoms with Crippen LogP contribution in [-0.2, 0) is 22.6 Å². The quantitative estimate of drug-likeness (QED) is 0.508. The smallest absolute Gasteiger partial charge is 0.247 e. The van der Waals surface area contributed by atoms with Gasteiger partial charge in [0.2, 0.25) is 11.8 Å². The van der Waals surface area contributed by atoms with Crippen LogP contribution in [0.2, 0.25) is 0 Å². The second kappa shape index (κ2) is 11.7. The Morgan fingerprint density at radius 1 is 0.848 bits per heavy atom. The molecule has 6 heteroatoms. The van der Waals surface area contributed by atoms with Crippen LogP contribution >= 0.6 is 0 Å². The summed E-state index contributed by atoms with van der Waals surface area (Å²) in [4.78, 5) is 27.6. The molecule has 0 aliphatic rings. The molecule has 0 spiro atoms. The van der Waals surface area contributed by atoms with Gasteiger partial charge in [-0.15, -0.1) is 0 Å². The first-order valence-electron chi connectivity index (χ1n) is 10.9. The van der Waals surface area contributed by atoms with Crippen molar-refractivity contribution < 1.29 is 19.1 Å². The lowest BCUT2D eigenvalue weighted by molar-refractivity contribution is -0.140. The molecule has 0 saturated carbocycles. The van der Waals surface area contributed by atoms with Gasteiger partial charge in [0.1, 0.15) is 6.04 Å². The summed E-state index contributed by atoms with van der Waals surface area (Å²) in [5, 5.41) is 3.01. The standard InChI is InChI=1S/C27H30N2O4/c1-20(30)29(19-22-10-6-4-7-11-22)26(23-12-8-5-9-13-23)27(31)28-17-16-21-14-15-24(32-2)25(18-21)33-3/h4-15,18,26H,16-17,19H2,1-3H3,(H,28,31). The molecule has 3 rings (SSSR count). The zero-order valence-corrected chi connectivity index (χ0v) is 19.3. The molecular formula is C27H30N2O4. The highest BCUT2D eigenvalue weighted by molar-refractivity contribution is 5.88. The summed E-state index contributed by atoms with van der Waals surface area (Å²) in [6, 6.07) is 24.0. The van der Waals surface area contributed by atoms with E-state index in [1.807, 2.05) is 78.9 Å². The normalized spacial score (nSPS) is 11.4. The number of ether oxygens (including phenoxy) is 2. The van der Waals surface area contributed by atoms with Crippen molar-refractivity contribution in [1.82, 2.24) is 10.2 Å². The fourth-order valence-electron chi connectivity index (χ4n) is 3.74. The fourth-order valence-corrected chi connectivity index (χ4v) is 3.74. The molecule has 0 aliphatic carbocycles. The van der Waals surface area contributed by atoms with Gasteiger partial charge in [-0.1, -0.05) is 66.7 Å². The van der Waals surface area contributed by atoms with Crippen LogP contribution in [0, 0.1) is 0 Å². The average Bonchev–Trinajstić information content (AvgIpc) is 2.84. The molecule has 2 amide bonds. The molecule has 0 radical (unpaired) electrons. The molecule has 6 nitrogen and oxygen atoms in total. The largest absolute Gasteiger partial charge is 0.493 e. The Bertz CT molecular complexity index is 1050. The summed E-state index contributed by atoms with van der Waals surface area (Å²) in [6.45, 7) is 2.27. The van der Waals surface area contributed by atoms with Gasteiger partial charge in [0.15, 0.2) is 11.5 Å². The minimum Gasteiger partial charge on any atom is -0.493 e. The first-order valence-corrected chi connectivity index (χ1v) is 10.9. The number of amides is 2. The van der Waals surface area contributed by atoms with Crippen molar-refractivity contribution in [2.24, 2.45) is 0 Å². The first-order chi connectivity index (χ1) is 16.0. The Morgan fingerprint density at radius 3 is 2.09 bits per heavy atom. The first kappa shape index (κ1) is 23.9. The van der Waals surface area contributed by atoms with Gasteiger partial charge >= 0.3 is 0 Å². The number of rotatable bonds is 10. The lowest BCUT2D eigenvalue weighted by Gasteiger charge is -2.30. The molecule has 1 unspecified atom stereocenters. The van der Waals surface area contributed by atoms with E-state index in [9.17, 15) is 9.59 Å². The van der Waals surface area contributed by atoms with E-state index >= 15 is 0 Å². The lowest BCUT2D eigenvalue weighted by atomic mass is 10.0. The molecule has 1 N–H and O–H groups in total. The Balaban J connectivity index is 1.76. The van der Waals surface area contributed by atoms with E-state index in [4.69, 9.17) is 9.47 Å². The number of benzene rings is 3. The molecule has 0 heterocycles. The van der Waals surface area contributed by atoms with E-state index in [1.165, 1.54) is 6.92 Å². The van der Waals surface area contributed by atoms with E-state index in [0.717, 1.165) is 16.7 Å². The average molecular weight is 447 g/mol. The summed E-state index contributed by atoms with van der Waals surface area (Å²) in [5.41, 5.74) is 2.75. The molecule has 3 aromatic carbocycles. The summed E-state index contributed by atoms with van der Waals surface area (Å²) >= 11 is 0. The molecule has 1 atom stereocenters. The summed E-state index contributed by atoms with van der Waals surface area (Å²) in [6.07, 6.45) is 0.617. The minimum atomic E-state index is -0.727. The molecule has 0 aromatic heterocycles. The molecule has 3 aromatic rings. The van der Waals surface area contributed by atoms with Gasteiger partial charge in [0, 0.05) is 20.0 Å². The maximum Gasteiger partial charge on any atom is 0.247 e. The molecule has 33 heavy (non-hydrogen) atoms. The van der Waals surface area contributed by atoms with Crippen LogP contribution in [-0.4, -0.2) is 37.5 Å². The van der Waals surface area contributed by atoms with Crippen LogP contribution in [0.25, 0.3) is 0 Å². The fraction of sp³-hybridized carbons (Fsp3) is 0.259. The second-order valence-corrected chi connectivity index (χ2v) is 7.68. The van der Waals surface area contributed by atoms with Crippen molar-refractivity contribution >= 4 is 11.8 Å². The third-order valence-electron chi connectivity index (χ3n) is 5.44. The Hall–Kier alpha value is -3.80. The predicted molar refractivity (Wildman–Crippen MR) is 128 cm³/mol. The van der Waals surface area contributed by atoms with Crippen molar-refractivity contribution in [3.8, 4) is 11.5 Å². The SMILES string of the molecule is COc1ccc(CCNC(=O)C(c2ccccc2)N(Cc2ccccc2)C(C)=O)cc1OC. The Labute approximate surface area is 195 Å². The van der Waals surface area contributed by atoms with Crippen molar-refractivity contribution in [3.63, 3.8) is 0 Å². The number of nitrogens with one attached hydrogen (secondary N) is 1. The predicted octanol–water partition coefficient (Wildman–Crippen LogP) is 4.15. The van der Waals surface area contributed by atoms with Crippen molar-refractivity contribution in [2.45, 2.75) is 25.9 Å². The van der Waals surface area contributed by atoms with Crippen LogP contribution in [0.4, 0.5) is 0 Å². The zero-order chi connectivity index (χ0) is 23.6. The maximum atomic E-state index is 13.3. The van der Waals surface area contributed by atoms with Gasteiger partial charge in [0.05, 0.1) is 14.2 Å². The van der Waals surface area contributed by atoms with Crippen molar-refractivity contribution in [2.75, 3.05) is 20.8 Å². The highest BCUT2D eigenvalue weighted by Crippen LogP contribution is 2.28. The maximum absolute atomic E-state index is 13.3. The van der Waals surface area contributed by atoms with Gasteiger partial charge in [-0.05, 0) is 35.2 Å². The number of carbonyl (C=O) groups is 2. The molecular weight excluding hydrogens is 416 g/mol. The zero-order valence-electron chi connectivity index (χ0n) is 19.3. The molecule has 0 saturated heterocycles. The number of methoxy groups -OCH3 is 2. The van der Waals surface area contributed by atoms with E-state index in [1.54, 1.807) is 19.1 Å². The summed E-state index contributed by atoms with van der Waals surface area (Å²) in [7, 11) is 3.19. The van der Waals surface area contributed by atoms with Crippen LogP contribution in [0.1, 0.15) is 29.7 Å². The molecule has 0 bridgehead atoms. The topological polar surface area (TPSA) is 67.9 Å². The van der Waals surface area contributed by atoms with Gasteiger partial charge in [-0.2, -0.15) is 0 Å². The third kappa shape index (κ3) is 6.35. The van der Waals surface area contributed by atoms with Crippen molar-refractivity contribution in [3.05, 3.63) is 95.6 Å². The Morgan fingerprint density at radius 2 is 1.48 bits per heavy atom. The highest BCUT2D eigenvalue weighted by atomic mass is 16.5.